The van der Waals surface area contributed by atoms with Crippen LogP contribution in [0.2, 0.25) is 0 Å². The summed E-state index contributed by atoms with van der Waals surface area (Å²) in [5, 5.41) is 2.87. The summed E-state index contributed by atoms with van der Waals surface area (Å²) in [6, 6.07) is 4.49. The van der Waals surface area contributed by atoms with Crippen molar-refractivity contribution in [1.82, 2.24) is 5.32 Å². The lowest BCUT2D eigenvalue weighted by molar-refractivity contribution is -0.150. The van der Waals surface area contributed by atoms with Crippen molar-refractivity contribution in [2.24, 2.45) is 5.92 Å². The van der Waals surface area contributed by atoms with Crippen molar-refractivity contribution < 1.29 is 42.9 Å². The van der Waals surface area contributed by atoms with Crippen LogP contribution in [0.5, 0.6) is 11.5 Å². The largest absolute Gasteiger partial charge is 0.493 e. The minimum absolute atomic E-state index is 0.109. The third-order valence-corrected chi connectivity index (χ3v) is 4.86. The highest BCUT2D eigenvalue weighted by atomic mass is 16.5. The molecule has 172 valence electrons. The number of carbonyl (C=O) groups is 4. The first-order valence-corrected chi connectivity index (χ1v) is 9.47. The van der Waals surface area contributed by atoms with Gasteiger partial charge in [0.05, 0.1) is 39.6 Å². The third-order valence-electron chi connectivity index (χ3n) is 4.86. The van der Waals surface area contributed by atoms with Crippen LogP contribution in [0, 0.1) is 5.92 Å². The molecule has 1 heterocycles. The molecule has 1 N–H and O–H groups in total. The number of rotatable bonds is 8. The second-order valence-corrected chi connectivity index (χ2v) is 6.72. The fourth-order valence-electron chi connectivity index (χ4n) is 3.30. The normalized spacial score (nSPS) is 13.8. The molecule has 0 atom stereocenters. The molecule has 0 fully saturated rings. The maximum Gasteiger partial charge on any atom is 0.336 e. The van der Waals surface area contributed by atoms with E-state index in [1.807, 2.05) is 0 Å². The van der Waals surface area contributed by atoms with Gasteiger partial charge in [-0.2, -0.15) is 0 Å². The van der Waals surface area contributed by atoms with Crippen molar-refractivity contribution in [2.75, 3.05) is 35.0 Å². The molecular weight excluding hydrogens is 422 g/mol. The van der Waals surface area contributed by atoms with Crippen LogP contribution in [-0.4, -0.2) is 58.7 Å². The number of benzene rings is 1. The summed E-state index contributed by atoms with van der Waals surface area (Å²) >= 11 is 0. The predicted octanol–water partition coefficient (Wildman–Crippen LogP) is 1.54. The van der Waals surface area contributed by atoms with E-state index in [2.05, 4.69) is 5.32 Å². The summed E-state index contributed by atoms with van der Waals surface area (Å²) in [6.07, 6.45) is 0. The highest BCUT2D eigenvalue weighted by Gasteiger charge is 2.42. The Kier molecular flexibility index (Phi) is 8.00. The third kappa shape index (κ3) is 4.90. The van der Waals surface area contributed by atoms with E-state index in [1.165, 1.54) is 26.4 Å². The maximum atomic E-state index is 13.0. The van der Waals surface area contributed by atoms with Gasteiger partial charge in [-0.05, 0) is 32.0 Å². The Balaban J connectivity index is 2.31. The van der Waals surface area contributed by atoms with Crippen LogP contribution >= 0.6 is 0 Å². The second-order valence-electron chi connectivity index (χ2n) is 6.72. The van der Waals surface area contributed by atoms with Gasteiger partial charge in [0.25, 0.3) is 0 Å². The zero-order valence-corrected chi connectivity index (χ0v) is 18.7. The molecule has 0 spiro atoms. The first kappa shape index (κ1) is 24.4. The van der Waals surface area contributed by atoms with Crippen molar-refractivity contribution in [2.45, 2.75) is 13.8 Å². The lowest BCUT2D eigenvalue weighted by Crippen LogP contribution is -2.38. The molecule has 0 bridgehead atoms. The molecule has 2 rings (SSSR count). The molecule has 0 saturated carbocycles. The number of nitrogens with one attached hydrogen (secondary N) is 1. The average Bonchev–Trinajstić information content (AvgIpc) is 2.80. The first-order chi connectivity index (χ1) is 15.2. The van der Waals surface area contributed by atoms with Crippen molar-refractivity contribution >= 4 is 23.7 Å². The number of hydrogen-bond acceptors (Lipinski definition) is 10. The van der Waals surface area contributed by atoms with Crippen LogP contribution in [-0.2, 0) is 28.6 Å². The molecule has 0 amide bonds. The van der Waals surface area contributed by atoms with Gasteiger partial charge in [0.2, 0.25) is 0 Å². The summed E-state index contributed by atoms with van der Waals surface area (Å²) in [6.45, 7) is 2.48. The number of ketones is 1. The SMILES string of the molecule is COC(=O)C1=C(C)NC(C)=C(C(=O)OC)C1C(=O)OCC(=O)c1ccc(OC)c(OC)c1. The minimum Gasteiger partial charge on any atom is -0.493 e. The van der Waals surface area contributed by atoms with Crippen molar-refractivity contribution in [3.63, 3.8) is 0 Å². The standard InChI is InChI=1S/C22H25NO9/c1-11-17(20(25)30-5)19(18(12(2)23-11)21(26)31-6)22(27)32-10-14(24)13-7-8-15(28-3)16(9-13)29-4/h7-9,19,23H,10H2,1-6H3. The molecule has 1 aromatic rings. The molecule has 0 saturated heterocycles. The molecule has 1 aliphatic heterocycles. The number of methoxy groups -OCH3 is 4. The van der Waals surface area contributed by atoms with Gasteiger partial charge in [0.15, 0.2) is 23.9 Å². The van der Waals surface area contributed by atoms with Gasteiger partial charge < -0.3 is 29.0 Å². The van der Waals surface area contributed by atoms with Gasteiger partial charge in [-0.25, -0.2) is 9.59 Å². The molecular formula is C22H25NO9. The fourth-order valence-corrected chi connectivity index (χ4v) is 3.30. The summed E-state index contributed by atoms with van der Waals surface area (Å²) in [7, 11) is 5.18. The van der Waals surface area contributed by atoms with E-state index < -0.39 is 36.2 Å². The number of carbonyl (C=O) groups excluding carboxylic acids is 4. The maximum absolute atomic E-state index is 13.0. The fraction of sp³-hybridized carbons (Fsp3) is 0.364. The zero-order chi connectivity index (χ0) is 24.0. The van der Waals surface area contributed by atoms with Gasteiger partial charge in [-0.15, -0.1) is 0 Å². The number of ether oxygens (including phenoxy) is 5. The van der Waals surface area contributed by atoms with Crippen LogP contribution in [0.4, 0.5) is 0 Å². The van der Waals surface area contributed by atoms with Crippen LogP contribution in [0.15, 0.2) is 40.7 Å². The molecule has 32 heavy (non-hydrogen) atoms. The molecule has 0 radical (unpaired) electrons. The van der Waals surface area contributed by atoms with Crippen LogP contribution in [0.25, 0.3) is 0 Å². The number of esters is 3. The molecule has 10 nitrogen and oxygen atoms in total. The van der Waals surface area contributed by atoms with Crippen molar-refractivity contribution in [3.8, 4) is 11.5 Å². The van der Waals surface area contributed by atoms with Crippen molar-refractivity contribution in [1.29, 1.82) is 0 Å². The van der Waals surface area contributed by atoms with Gasteiger partial charge in [-0.3, -0.25) is 9.59 Å². The second kappa shape index (κ2) is 10.5. The zero-order valence-electron chi connectivity index (χ0n) is 18.7. The molecule has 1 aliphatic rings. The summed E-state index contributed by atoms with van der Waals surface area (Å²) in [5.41, 5.74) is 0.634. The Labute approximate surface area is 185 Å². The molecule has 10 heteroatoms. The average molecular weight is 447 g/mol. The van der Waals surface area contributed by atoms with E-state index in [4.69, 9.17) is 23.7 Å². The van der Waals surface area contributed by atoms with E-state index in [0.717, 1.165) is 14.2 Å². The molecule has 0 unspecified atom stereocenters. The van der Waals surface area contributed by atoms with Gasteiger partial charge >= 0.3 is 17.9 Å². The van der Waals surface area contributed by atoms with E-state index in [1.54, 1.807) is 19.9 Å². The lowest BCUT2D eigenvalue weighted by atomic mass is 9.85. The van der Waals surface area contributed by atoms with Gasteiger partial charge in [-0.1, -0.05) is 0 Å². The van der Waals surface area contributed by atoms with E-state index in [9.17, 15) is 19.2 Å². The smallest absolute Gasteiger partial charge is 0.336 e. The monoisotopic (exact) mass is 447 g/mol. The topological polar surface area (TPSA) is 126 Å². The quantitative estimate of drug-likeness (QED) is 0.356. The Bertz CT molecular complexity index is 969. The van der Waals surface area contributed by atoms with Gasteiger partial charge in [0, 0.05) is 17.0 Å². The van der Waals surface area contributed by atoms with E-state index >= 15 is 0 Å². The molecule has 0 aliphatic carbocycles. The van der Waals surface area contributed by atoms with E-state index in [-0.39, 0.29) is 16.7 Å². The molecule has 0 aromatic heterocycles. The highest BCUT2D eigenvalue weighted by Crippen LogP contribution is 2.32. The van der Waals surface area contributed by atoms with E-state index in [0.29, 0.717) is 22.9 Å². The Morgan fingerprint density at radius 1 is 0.844 bits per heavy atom. The van der Waals surface area contributed by atoms with Gasteiger partial charge in [0.1, 0.15) is 5.92 Å². The van der Waals surface area contributed by atoms with Crippen LogP contribution in [0.1, 0.15) is 24.2 Å². The highest BCUT2D eigenvalue weighted by molar-refractivity contribution is 6.06. The minimum atomic E-state index is -1.42. The number of Topliss-reactive ketones (excluding diaryl/α,β-unsaturated/α-hetero) is 1. The summed E-state index contributed by atoms with van der Waals surface area (Å²) < 4.78 is 25.0. The number of dihydropyridines is 1. The Morgan fingerprint density at radius 3 is 1.84 bits per heavy atom. The Morgan fingerprint density at radius 2 is 1.38 bits per heavy atom. The summed E-state index contributed by atoms with van der Waals surface area (Å²) in [5.74, 6) is -3.79. The number of hydrogen-bond donors (Lipinski definition) is 1. The van der Waals surface area contributed by atoms with Crippen LogP contribution in [0.3, 0.4) is 0 Å². The predicted molar refractivity (Wildman–Crippen MR) is 111 cm³/mol. The number of allylic oxidation sites excluding steroid dienone is 2. The summed E-state index contributed by atoms with van der Waals surface area (Å²) in [4.78, 5) is 50.3. The van der Waals surface area contributed by atoms with Crippen LogP contribution < -0.4 is 14.8 Å². The Hall–Kier alpha value is -3.82. The lowest BCUT2D eigenvalue weighted by Gasteiger charge is -2.28. The molecule has 1 aromatic carbocycles. The van der Waals surface area contributed by atoms with Crippen molar-refractivity contribution in [3.05, 3.63) is 46.3 Å². The first-order valence-electron chi connectivity index (χ1n) is 9.47.